The number of allylic oxidation sites excluding steroid dienone is 1. The van der Waals surface area contributed by atoms with Gasteiger partial charge >= 0.3 is 5.97 Å². The van der Waals surface area contributed by atoms with E-state index in [1.807, 2.05) is 0 Å². The van der Waals surface area contributed by atoms with E-state index in [1.165, 1.54) is 7.11 Å². The van der Waals surface area contributed by atoms with E-state index < -0.39 is 5.97 Å². The van der Waals surface area contributed by atoms with Crippen molar-refractivity contribution in [3.8, 4) is 0 Å². The predicted molar refractivity (Wildman–Crippen MR) is 94.8 cm³/mol. The van der Waals surface area contributed by atoms with Crippen molar-refractivity contribution in [2.24, 2.45) is 0 Å². The number of hydrogen-bond acceptors (Lipinski definition) is 4. The minimum Gasteiger partial charge on any atom is -0.465 e. The molecule has 25 heavy (non-hydrogen) atoms. The summed E-state index contributed by atoms with van der Waals surface area (Å²) < 4.78 is 10.5. The van der Waals surface area contributed by atoms with Crippen LogP contribution < -0.4 is 0 Å². The van der Waals surface area contributed by atoms with Crippen LogP contribution in [0.4, 0.5) is 0 Å². The maximum absolute atomic E-state index is 12.9. The fraction of sp³-hybridized carbons (Fsp3) is 0.368. The first kappa shape index (κ1) is 17.7. The minimum absolute atomic E-state index is 0.00711. The average molecular weight is 362 g/mol. The lowest BCUT2D eigenvalue weighted by Gasteiger charge is -2.21. The van der Waals surface area contributed by atoms with Gasteiger partial charge in [-0.1, -0.05) is 23.7 Å². The molecule has 6 heteroatoms. The van der Waals surface area contributed by atoms with E-state index in [9.17, 15) is 9.59 Å². The molecule has 5 nitrogen and oxygen atoms in total. The van der Waals surface area contributed by atoms with Crippen LogP contribution >= 0.6 is 11.6 Å². The second-order valence-corrected chi connectivity index (χ2v) is 6.55. The van der Waals surface area contributed by atoms with E-state index in [4.69, 9.17) is 21.1 Å². The number of halogens is 1. The summed E-state index contributed by atoms with van der Waals surface area (Å²) in [5, 5.41) is 0.611. The van der Waals surface area contributed by atoms with Gasteiger partial charge in [-0.3, -0.25) is 4.79 Å². The maximum atomic E-state index is 12.9. The van der Waals surface area contributed by atoms with Crippen molar-refractivity contribution in [3.05, 3.63) is 51.7 Å². The van der Waals surface area contributed by atoms with Crippen LogP contribution in [0.3, 0.4) is 0 Å². The van der Waals surface area contributed by atoms with Gasteiger partial charge in [-0.05, 0) is 43.5 Å². The number of esters is 1. The summed E-state index contributed by atoms with van der Waals surface area (Å²) >= 11 is 5.91. The van der Waals surface area contributed by atoms with Crippen LogP contribution in [0.1, 0.15) is 25.3 Å². The van der Waals surface area contributed by atoms with Gasteiger partial charge in [0.25, 0.3) is 5.91 Å². The molecule has 2 aliphatic heterocycles. The SMILES string of the molecule is COC(=O)C1=C(C)N(C[C@@H]2CCCO2)C(=O)/C1=C\c1ccc(Cl)cc1. The molecular formula is C19H20ClNO4. The third-order valence-corrected chi connectivity index (χ3v) is 4.74. The number of amides is 1. The van der Waals surface area contributed by atoms with Gasteiger partial charge in [0, 0.05) is 17.3 Å². The molecule has 0 unspecified atom stereocenters. The van der Waals surface area contributed by atoms with Crippen molar-refractivity contribution in [1.82, 2.24) is 4.90 Å². The summed E-state index contributed by atoms with van der Waals surface area (Å²) in [4.78, 5) is 26.8. The summed E-state index contributed by atoms with van der Waals surface area (Å²) in [7, 11) is 1.32. The van der Waals surface area contributed by atoms with E-state index in [-0.39, 0.29) is 12.0 Å². The minimum atomic E-state index is -0.513. The van der Waals surface area contributed by atoms with E-state index in [1.54, 1.807) is 42.2 Å². The number of carbonyl (C=O) groups excluding carboxylic acids is 2. The standard InChI is InChI=1S/C19H20ClNO4/c1-12-17(19(23)24-2)16(10-13-5-7-14(20)8-6-13)18(22)21(12)11-15-4-3-9-25-15/h5-8,10,15H,3-4,9,11H2,1-2H3/b16-10-/t15-/m0/s1. The summed E-state index contributed by atoms with van der Waals surface area (Å²) in [6.45, 7) is 2.93. The Kier molecular flexibility index (Phi) is 5.25. The first-order valence-electron chi connectivity index (χ1n) is 8.21. The molecule has 1 amide bonds. The van der Waals surface area contributed by atoms with Gasteiger partial charge in [0.2, 0.25) is 0 Å². The molecule has 0 aromatic heterocycles. The number of rotatable bonds is 4. The molecule has 2 heterocycles. The fourth-order valence-electron chi connectivity index (χ4n) is 3.17. The Labute approximate surface area is 151 Å². The molecule has 0 N–H and O–H groups in total. The van der Waals surface area contributed by atoms with Gasteiger partial charge in [0.1, 0.15) is 0 Å². The molecule has 3 rings (SSSR count). The fourth-order valence-corrected chi connectivity index (χ4v) is 3.29. The van der Waals surface area contributed by atoms with Crippen LogP contribution in [-0.2, 0) is 19.1 Å². The third kappa shape index (κ3) is 3.62. The van der Waals surface area contributed by atoms with Crippen LogP contribution in [0.2, 0.25) is 5.02 Å². The molecule has 1 saturated heterocycles. The first-order valence-corrected chi connectivity index (χ1v) is 8.59. The molecule has 1 atom stereocenters. The van der Waals surface area contributed by atoms with Crippen molar-refractivity contribution in [2.75, 3.05) is 20.3 Å². The average Bonchev–Trinajstić information content (AvgIpc) is 3.19. The number of ether oxygens (including phenoxy) is 2. The molecular weight excluding hydrogens is 342 g/mol. The lowest BCUT2D eigenvalue weighted by Crippen LogP contribution is -2.33. The second-order valence-electron chi connectivity index (χ2n) is 6.11. The van der Waals surface area contributed by atoms with Crippen molar-refractivity contribution in [2.45, 2.75) is 25.9 Å². The monoisotopic (exact) mass is 361 g/mol. The Balaban J connectivity index is 1.96. The topological polar surface area (TPSA) is 55.8 Å². The van der Waals surface area contributed by atoms with Crippen LogP contribution in [-0.4, -0.2) is 43.1 Å². The zero-order chi connectivity index (χ0) is 18.0. The molecule has 1 fully saturated rings. The molecule has 0 saturated carbocycles. The zero-order valence-electron chi connectivity index (χ0n) is 14.3. The lowest BCUT2D eigenvalue weighted by atomic mass is 10.0. The molecule has 132 valence electrons. The van der Waals surface area contributed by atoms with Gasteiger partial charge in [-0.15, -0.1) is 0 Å². The van der Waals surface area contributed by atoms with Gasteiger partial charge in [-0.25, -0.2) is 4.79 Å². The Morgan fingerprint density at radius 2 is 2.12 bits per heavy atom. The van der Waals surface area contributed by atoms with Crippen molar-refractivity contribution >= 4 is 29.6 Å². The van der Waals surface area contributed by atoms with Gasteiger partial charge < -0.3 is 14.4 Å². The van der Waals surface area contributed by atoms with Crippen LogP contribution in [0.25, 0.3) is 6.08 Å². The normalized spacial score (nSPS) is 22.2. The predicted octanol–water partition coefficient (Wildman–Crippen LogP) is 3.19. The number of nitrogens with zero attached hydrogens (tertiary/aromatic N) is 1. The second kappa shape index (κ2) is 7.42. The third-order valence-electron chi connectivity index (χ3n) is 4.49. The summed E-state index contributed by atoms with van der Waals surface area (Å²) in [6, 6.07) is 7.09. The van der Waals surface area contributed by atoms with E-state index in [2.05, 4.69) is 0 Å². The van der Waals surface area contributed by atoms with E-state index in [0.29, 0.717) is 35.0 Å². The van der Waals surface area contributed by atoms with Crippen LogP contribution in [0.5, 0.6) is 0 Å². The smallest absolute Gasteiger partial charge is 0.340 e. The van der Waals surface area contributed by atoms with Crippen molar-refractivity contribution < 1.29 is 19.1 Å². The number of hydrogen-bond donors (Lipinski definition) is 0. The summed E-state index contributed by atoms with van der Waals surface area (Å²) in [5.74, 6) is -0.718. The zero-order valence-corrected chi connectivity index (χ0v) is 15.0. The molecule has 0 radical (unpaired) electrons. The molecule has 2 aliphatic rings. The Bertz CT molecular complexity index is 745. The Morgan fingerprint density at radius 3 is 2.72 bits per heavy atom. The number of carbonyl (C=O) groups is 2. The Hall–Kier alpha value is -2.11. The van der Waals surface area contributed by atoms with E-state index >= 15 is 0 Å². The van der Waals surface area contributed by atoms with Crippen molar-refractivity contribution in [1.29, 1.82) is 0 Å². The lowest BCUT2D eigenvalue weighted by molar-refractivity contribution is -0.136. The van der Waals surface area contributed by atoms with Crippen LogP contribution in [0, 0.1) is 0 Å². The maximum Gasteiger partial charge on any atom is 0.340 e. The molecule has 0 spiro atoms. The highest BCUT2D eigenvalue weighted by atomic mass is 35.5. The highest BCUT2D eigenvalue weighted by Gasteiger charge is 2.38. The molecule has 0 bridgehead atoms. The number of methoxy groups -OCH3 is 1. The first-order chi connectivity index (χ1) is 12.0. The quantitative estimate of drug-likeness (QED) is 0.610. The molecule has 0 aliphatic carbocycles. The Morgan fingerprint density at radius 1 is 1.40 bits per heavy atom. The summed E-state index contributed by atoms with van der Waals surface area (Å²) in [5.41, 5.74) is 2.04. The highest BCUT2D eigenvalue weighted by molar-refractivity contribution is 6.30. The van der Waals surface area contributed by atoms with Gasteiger partial charge in [0.15, 0.2) is 0 Å². The van der Waals surface area contributed by atoms with Crippen LogP contribution in [0.15, 0.2) is 41.1 Å². The van der Waals surface area contributed by atoms with Crippen molar-refractivity contribution in [3.63, 3.8) is 0 Å². The van der Waals surface area contributed by atoms with Gasteiger partial charge in [0.05, 0.1) is 30.9 Å². The number of benzene rings is 1. The summed E-state index contributed by atoms with van der Waals surface area (Å²) in [6.07, 6.45) is 3.62. The molecule has 1 aromatic carbocycles. The molecule has 1 aromatic rings. The van der Waals surface area contributed by atoms with E-state index in [0.717, 1.165) is 18.4 Å². The van der Waals surface area contributed by atoms with Gasteiger partial charge in [-0.2, -0.15) is 0 Å². The largest absolute Gasteiger partial charge is 0.465 e. The highest BCUT2D eigenvalue weighted by Crippen LogP contribution is 2.32.